The van der Waals surface area contributed by atoms with E-state index in [2.05, 4.69) is 25.3 Å². The normalized spacial score (nSPS) is 14.2. The summed E-state index contributed by atoms with van der Waals surface area (Å²) in [5.41, 5.74) is -0.381. The summed E-state index contributed by atoms with van der Waals surface area (Å²) in [5, 5.41) is 10.3. The van der Waals surface area contributed by atoms with E-state index in [4.69, 9.17) is 4.42 Å². The number of halogens is 6. The van der Waals surface area contributed by atoms with E-state index < -0.39 is 47.7 Å². The van der Waals surface area contributed by atoms with Gasteiger partial charge in [-0.3, -0.25) is 14.8 Å². The van der Waals surface area contributed by atoms with Crippen LogP contribution < -0.4 is 5.56 Å². The highest BCUT2D eigenvalue weighted by molar-refractivity contribution is 5.44. The van der Waals surface area contributed by atoms with Gasteiger partial charge in [0.05, 0.1) is 24.0 Å². The van der Waals surface area contributed by atoms with Crippen molar-refractivity contribution in [2.45, 2.75) is 64.1 Å². The lowest BCUT2D eigenvalue weighted by molar-refractivity contribution is -0.138. The molecule has 0 unspecified atom stereocenters. The van der Waals surface area contributed by atoms with E-state index in [-0.39, 0.29) is 11.5 Å². The second-order valence-electron chi connectivity index (χ2n) is 9.14. The van der Waals surface area contributed by atoms with Crippen LogP contribution in [0.5, 0.6) is 0 Å². The number of rotatable bonds is 5. The fraction of sp³-hybridized carbons (Fsp3) is 0.385. The molecule has 1 aliphatic carbocycles. The second kappa shape index (κ2) is 12.4. The lowest BCUT2D eigenvalue weighted by Gasteiger charge is -2.23. The van der Waals surface area contributed by atoms with Gasteiger partial charge < -0.3 is 4.42 Å². The van der Waals surface area contributed by atoms with E-state index in [9.17, 15) is 31.1 Å². The highest BCUT2D eigenvalue weighted by atomic mass is 19.4. The number of aryl methyl sites for hydroxylation is 1. The molecule has 1 fully saturated rings. The number of pyridine rings is 2. The molecule has 0 radical (unpaired) electrons. The van der Waals surface area contributed by atoms with Gasteiger partial charge in [0.25, 0.3) is 17.3 Å². The predicted molar refractivity (Wildman–Crippen MR) is 130 cm³/mol. The van der Waals surface area contributed by atoms with Crippen molar-refractivity contribution in [3.63, 3.8) is 0 Å². The molecule has 0 atom stereocenters. The molecule has 0 bridgehead atoms. The fourth-order valence-corrected chi connectivity index (χ4v) is 4.52. The van der Waals surface area contributed by atoms with Crippen molar-refractivity contribution >= 4 is 0 Å². The van der Waals surface area contributed by atoms with Crippen molar-refractivity contribution in [1.82, 2.24) is 29.9 Å². The van der Waals surface area contributed by atoms with Crippen molar-refractivity contribution in [3.05, 3.63) is 87.3 Å². The molecule has 14 heteroatoms. The van der Waals surface area contributed by atoms with Crippen LogP contribution >= 0.6 is 0 Å². The van der Waals surface area contributed by atoms with Gasteiger partial charge in [-0.2, -0.15) is 27.1 Å². The number of nitrogens with zero attached hydrogens (tertiary/aromatic N) is 6. The van der Waals surface area contributed by atoms with Crippen LogP contribution in [0.2, 0.25) is 0 Å². The molecule has 5 rings (SSSR count). The minimum absolute atomic E-state index is 0.114. The molecule has 40 heavy (non-hydrogen) atoms. The van der Waals surface area contributed by atoms with Crippen LogP contribution in [0.1, 0.15) is 72.7 Å². The predicted octanol–water partition coefficient (Wildman–Crippen LogP) is 6.27. The molecule has 0 N–H and O–H groups in total. The van der Waals surface area contributed by atoms with Gasteiger partial charge in [-0.25, -0.2) is 9.07 Å². The maximum absolute atomic E-state index is 13.6. The summed E-state index contributed by atoms with van der Waals surface area (Å²) in [6, 6.07) is 4.06. The van der Waals surface area contributed by atoms with Gasteiger partial charge in [0.15, 0.2) is 0 Å². The van der Waals surface area contributed by atoms with Crippen LogP contribution in [0.4, 0.5) is 26.3 Å². The van der Waals surface area contributed by atoms with Crippen LogP contribution in [0, 0.1) is 12.7 Å². The largest absolute Gasteiger partial charge is 0.418 e. The zero-order valence-corrected chi connectivity index (χ0v) is 21.2. The van der Waals surface area contributed by atoms with E-state index in [0.717, 1.165) is 54.4 Å². The van der Waals surface area contributed by atoms with E-state index in [1.54, 1.807) is 6.20 Å². The summed E-state index contributed by atoms with van der Waals surface area (Å²) in [4.78, 5) is 19.4. The zero-order chi connectivity index (χ0) is 28.9. The Balaban J connectivity index is 0.000000222. The third-order valence-corrected chi connectivity index (χ3v) is 6.36. The SMILES string of the molecule is Cc1cncc(F)c1C1CCCCC1.O=c1ccc(-c2nnc(C(F)F)o2)nn1Cc1ncccc1C(F)(F)F. The van der Waals surface area contributed by atoms with Crippen molar-refractivity contribution in [2.24, 2.45) is 0 Å². The molecule has 212 valence electrons. The minimum atomic E-state index is -4.66. The first-order chi connectivity index (χ1) is 19.0. The quantitative estimate of drug-likeness (QED) is 0.263. The molecule has 4 heterocycles. The standard InChI is InChI=1S/C14H8F5N5O2.C12H16FN/c15-11(16)13-22-21-12(26-13)8-3-4-10(25)24(23-8)6-9-7(14(17,18)19)2-1-5-20-9;1-9-7-14-8-11(13)12(9)10-5-3-2-4-6-10/h1-5,11H,6H2;7-8,10H,2-6H2,1H3. The van der Waals surface area contributed by atoms with Crippen LogP contribution in [0.3, 0.4) is 0 Å². The van der Waals surface area contributed by atoms with E-state index in [0.29, 0.717) is 10.6 Å². The summed E-state index contributed by atoms with van der Waals surface area (Å²) in [6.45, 7) is 1.37. The molecule has 0 aliphatic heterocycles. The summed E-state index contributed by atoms with van der Waals surface area (Å²) in [6.07, 6.45) is 2.67. The van der Waals surface area contributed by atoms with Crippen molar-refractivity contribution in [1.29, 1.82) is 0 Å². The molecule has 0 saturated heterocycles. The Hall–Kier alpha value is -4.10. The average Bonchev–Trinajstić information content (AvgIpc) is 3.42. The Morgan fingerprint density at radius 1 is 1.07 bits per heavy atom. The molecule has 4 aromatic heterocycles. The van der Waals surface area contributed by atoms with Crippen molar-refractivity contribution < 1.29 is 30.8 Å². The number of alkyl halides is 5. The maximum Gasteiger partial charge on any atom is 0.418 e. The number of hydrogen-bond acceptors (Lipinski definition) is 7. The van der Waals surface area contributed by atoms with Gasteiger partial charge in [-0.05, 0) is 55.0 Å². The zero-order valence-electron chi connectivity index (χ0n) is 21.2. The van der Waals surface area contributed by atoms with Crippen molar-refractivity contribution in [2.75, 3.05) is 0 Å². The minimum Gasteiger partial charge on any atom is -0.413 e. The van der Waals surface area contributed by atoms with Gasteiger partial charge in [-0.15, -0.1) is 10.2 Å². The van der Waals surface area contributed by atoms with Gasteiger partial charge in [0, 0.05) is 18.5 Å². The van der Waals surface area contributed by atoms with Gasteiger partial charge >= 0.3 is 12.6 Å². The first-order valence-electron chi connectivity index (χ1n) is 12.4. The lowest BCUT2D eigenvalue weighted by atomic mass is 9.82. The summed E-state index contributed by atoms with van der Waals surface area (Å²) < 4.78 is 83.0. The smallest absolute Gasteiger partial charge is 0.413 e. The Kier molecular flexibility index (Phi) is 8.95. The molecule has 4 aromatic rings. The maximum atomic E-state index is 13.6. The number of aromatic nitrogens is 6. The van der Waals surface area contributed by atoms with Crippen LogP contribution in [0.25, 0.3) is 11.6 Å². The average molecular weight is 567 g/mol. The Bertz CT molecular complexity index is 1480. The molecule has 1 aliphatic rings. The second-order valence-corrected chi connectivity index (χ2v) is 9.14. The number of hydrogen-bond donors (Lipinski definition) is 0. The van der Waals surface area contributed by atoms with Crippen LogP contribution in [-0.2, 0) is 12.7 Å². The molecule has 8 nitrogen and oxygen atoms in total. The van der Waals surface area contributed by atoms with E-state index >= 15 is 0 Å². The summed E-state index contributed by atoms with van der Waals surface area (Å²) in [7, 11) is 0. The summed E-state index contributed by atoms with van der Waals surface area (Å²) in [5.74, 6) is -1.02. The van der Waals surface area contributed by atoms with Crippen LogP contribution in [0.15, 0.2) is 52.1 Å². The Morgan fingerprint density at radius 3 is 2.48 bits per heavy atom. The molecule has 0 spiro atoms. The third kappa shape index (κ3) is 6.90. The highest BCUT2D eigenvalue weighted by Crippen LogP contribution is 2.35. The van der Waals surface area contributed by atoms with Crippen LogP contribution in [-0.4, -0.2) is 29.9 Å². The lowest BCUT2D eigenvalue weighted by Crippen LogP contribution is -2.25. The fourth-order valence-electron chi connectivity index (χ4n) is 4.52. The summed E-state index contributed by atoms with van der Waals surface area (Å²) >= 11 is 0. The van der Waals surface area contributed by atoms with Gasteiger partial charge in [0.1, 0.15) is 11.5 Å². The molecule has 0 aromatic carbocycles. The topological polar surface area (TPSA) is 99.6 Å². The van der Waals surface area contributed by atoms with Crippen molar-refractivity contribution in [3.8, 4) is 11.6 Å². The Morgan fingerprint density at radius 2 is 1.82 bits per heavy atom. The molecule has 0 amide bonds. The first kappa shape index (κ1) is 28.9. The van der Waals surface area contributed by atoms with Gasteiger partial charge in [0.2, 0.25) is 0 Å². The monoisotopic (exact) mass is 566 g/mol. The molecular formula is C26H24F6N6O2. The molecular weight excluding hydrogens is 542 g/mol. The highest BCUT2D eigenvalue weighted by Gasteiger charge is 2.34. The first-order valence-corrected chi connectivity index (χ1v) is 12.4. The van der Waals surface area contributed by atoms with E-state index in [1.807, 2.05) is 6.92 Å². The third-order valence-electron chi connectivity index (χ3n) is 6.36. The molecule has 1 saturated carbocycles. The van der Waals surface area contributed by atoms with E-state index in [1.165, 1.54) is 25.5 Å². The van der Waals surface area contributed by atoms with Gasteiger partial charge in [-0.1, -0.05) is 19.3 Å². The Labute approximate surface area is 224 Å².